The Bertz CT molecular complexity index is 546. The fourth-order valence-electron chi connectivity index (χ4n) is 1.43. The Morgan fingerprint density at radius 2 is 2.19 bits per heavy atom. The summed E-state index contributed by atoms with van der Waals surface area (Å²) in [5.41, 5.74) is 1.27. The quantitative estimate of drug-likeness (QED) is 0.815. The van der Waals surface area contributed by atoms with Gasteiger partial charge in [-0.15, -0.1) is 0 Å². The van der Waals surface area contributed by atoms with E-state index in [1.54, 1.807) is 0 Å². The van der Waals surface area contributed by atoms with E-state index >= 15 is 0 Å². The predicted octanol–water partition coefficient (Wildman–Crippen LogP) is 2.03. The molecule has 1 heterocycles. The summed E-state index contributed by atoms with van der Waals surface area (Å²) in [6.45, 7) is 0. The molecule has 1 N–H and O–H groups in total. The number of aromatic carboxylic acids is 1. The van der Waals surface area contributed by atoms with Gasteiger partial charge in [0.05, 0.1) is 5.56 Å². The number of aldehydes is 1. The van der Waals surface area contributed by atoms with Gasteiger partial charge in [-0.05, 0) is 18.2 Å². The highest BCUT2D eigenvalue weighted by Gasteiger charge is 2.21. The SMILES string of the molecule is O=CC1=NC=C1c1cc(Cl)ccc1C(=O)O. The molecule has 0 amide bonds. The van der Waals surface area contributed by atoms with Crippen LogP contribution in [0.25, 0.3) is 5.57 Å². The minimum atomic E-state index is -1.07. The van der Waals surface area contributed by atoms with Crippen LogP contribution in [0.1, 0.15) is 15.9 Å². The van der Waals surface area contributed by atoms with Crippen molar-refractivity contribution in [3.63, 3.8) is 0 Å². The predicted molar refractivity (Wildman–Crippen MR) is 59.9 cm³/mol. The van der Waals surface area contributed by atoms with E-state index < -0.39 is 5.97 Å². The third kappa shape index (κ3) is 1.63. The van der Waals surface area contributed by atoms with Gasteiger partial charge in [0.15, 0.2) is 6.29 Å². The molecule has 5 heteroatoms. The number of carbonyl (C=O) groups is 2. The lowest BCUT2D eigenvalue weighted by atomic mass is 9.95. The highest BCUT2D eigenvalue weighted by Crippen LogP contribution is 2.28. The van der Waals surface area contributed by atoms with Gasteiger partial charge in [0.1, 0.15) is 5.71 Å². The molecule has 16 heavy (non-hydrogen) atoms. The van der Waals surface area contributed by atoms with Crippen molar-refractivity contribution in [2.45, 2.75) is 0 Å². The summed E-state index contributed by atoms with van der Waals surface area (Å²) in [5, 5.41) is 9.40. The van der Waals surface area contributed by atoms with E-state index in [-0.39, 0.29) is 11.3 Å². The fraction of sp³-hybridized carbons (Fsp3) is 0. The van der Waals surface area contributed by atoms with Crippen LogP contribution < -0.4 is 0 Å². The molecule has 1 aromatic carbocycles. The lowest BCUT2D eigenvalue weighted by Gasteiger charge is -2.14. The maximum atomic E-state index is 11.0. The van der Waals surface area contributed by atoms with E-state index in [1.807, 2.05) is 0 Å². The van der Waals surface area contributed by atoms with E-state index in [9.17, 15) is 9.59 Å². The Morgan fingerprint density at radius 1 is 1.44 bits per heavy atom. The number of rotatable bonds is 3. The average Bonchev–Trinajstić information content (AvgIpc) is 2.16. The monoisotopic (exact) mass is 235 g/mol. The zero-order valence-electron chi connectivity index (χ0n) is 7.98. The molecule has 2 rings (SSSR count). The number of halogens is 1. The van der Waals surface area contributed by atoms with Gasteiger partial charge in [-0.2, -0.15) is 0 Å². The van der Waals surface area contributed by atoms with E-state index in [4.69, 9.17) is 16.7 Å². The summed E-state index contributed by atoms with van der Waals surface area (Å²) in [6.07, 6.45) is 2.03. The summed E-state index contributed by atoms with van der Waals surface area (Å²) in [6, 6.07) is 4.40. The van der Waals surface area contributed by atoms with Crippen LogP contribution in [0.2, 0.25) is 5.02 Å². The Kier molecular flexibility index (Phi) is 2.58. The molecule has 0 saturated carbocycles. The van der Waals surface area contributed by atoms with Crippen LogP contribution in [0, 0.1) is 0 Å². The lowest BCUT2D eigenvalue weighted by Crippen LogP contribution is -2.13. The second kappa shape index (κ2) is 3.90. The largest absolute Gasteiger partial charge is 0.478 e. The van der Waals surface area contributed by atoms with Crippen molar-refractivity contribution in [1.82, 2.24) is 0 Å². The molecule has 4 nitrogen and oxygen atoms in total. The number of carboxylic acid groups (broad SMARTS) is 1. The van der Waals surface area contributed by atoms with Crippen molar-refractivity contribution in [3.05, 3.63) is 40.5 Å². The van der Waals surface area contributed by atoms with Crippen LogP contribution in [0.5, 0.6) is 0 Å². The minimum absolute atomic E-state index is 0.102. The van der Waals surface area contributed by atoms with Gasteiger partial charge in [0.25, 0.3) is 0 Å². The van der Waals surface area contributed by atoms with Gasteiger partial charge >= 0.3 is 5.97 Å². The van der Waals surface area contributed by atoms with Gasteiger partial charge in [-0.25, -0.2) is 4.79 Å². The van der Waals surface area contributed by atoms with Crippen LogP contribution in [0.15, 0.2) is 29.4 Å². The first kappa shape index (κ1) is 10.6. The molecule has 0 bridgehead atoms. The molecule has 0 unspecified atom stereocenters. The van der Waals surface area contributed by atoms with Crippen LogP contribution in [0.4, 0.5) is 0 Å². The van der Waals surface area contributed by atoms with E-state index in [0.29, 0.717) is 22.4 Å². The number of hydrogen-bond acceptors (Lipinski definition) is 3. The first-order valence-electron chi connectivity index (χ1n) is 4.40. The number of benzene rings is 1. The van der Waals surface area contributed by atoms with Crippen molar-refractivity contribution in [3.8, 4) is 0 Å². The van der Waals surface area contributed by atoms with E-state index in [1.165, 1.54) is 24.4 Å². The molecule has 0 atom stereocenters. The van der Waals surface area contributed by atoms with Crippen LogP contribution in [-0.4, -0.2) is 23.1 Å². The topological polar surface area (TPSA) is 66.7 Å². The normalized spacial score (nSPS) is 13.6. The maximum absolute atomic E-state index is 11.0. The van der Waals surface area contributed by atoms with Gasteiger partial charge in [0, 0.05) is 22.4 Å². The zero-order valence-corrected chi connectivity index (χ0v) is 8.73. The summed E-state index contributed by atoms with van der Waals surface area (Å²) in [7, 11) is 0. The van der Waals surface area contributed by atoms with E-state index in [0.717, 1.165) is 0 Å². The molecule has 1 aliphatic rings. The number of aliphatic imine (C=N–C) groups is 1. The van der Waals surface area contributed by atoms with Crippen molar-refractivity contribution in [1.29, 1.82) is 0 Å². The molecule has 0 aliphatic carbocycles. The third-order valence-corrected chi connectivity index (χ3v) is 2.46. The van der Waals surface area contributed by atoms with Crippen molar-refractivity contribution < 1.29 is 14.7 Å². The maximum Gasteiger partial charge on any atom is 0.336 e. The fourth-order valence-corrected chi connectivity index (χ4v) is 1.60. The molecule has 1 aromatic rings. The molecule has 80 valence electrons. The Balaban J connectivity index is 2.51. The highest BCUT2D eigenvalue weighted by molar-refractivity contribution is 6.52. The Labute approximate surface area is 95.9 Å². The molecule has 0 saturated heterocycles. The Hall–Kier alpha value is -1.94. The third-order valence-electron chi connectivity index (χ3n) is 2.22. The second-order valence-corrected chi connectivity index (χ2v) is 3.61. The molecular weight excluding hydrogens is 230 g/mol. The first-order chi connectivity index (χ1) is 7.63. The molecule has 0 aromatic heterocycles. The molecule has 0 spiro atoms. The number of carboxylic acids is 1. The number of nitrogens with zero attached hydrogens (tertiary/aromatic N) is 1. The second-order valence-electron chi connectivity index (χ2n) is 3.17. The zero-order chi connectivity index (χ0) is 11.7. The molecule has 0 radical (unpaired) electrons. The smallest absolute Gasteiger partial charge is 0.336 e. The average molecular weight is 236 g/mol. The lowest BCUT2D eigenvalue weighted by molar-refractivity contribution is -0.102. The van der Waals surface area contributed by atoms with Gasteiger partial charge in [-0.1, -0.05) is 11.6 Å². The summed E-state index contributed by atoms with van der Waals surface area (Å²) >= 11 is 5.79. The van der Waals surface area contributed by atoms with Crippen LogP contribution in [0.3, 0.4) is 0 Å². The molecule has 0 fully saturated rings. The number of hydrogen-bond donors (Lipinski definition) is 1. The Morgan fingerprint density at radius 3 is 2.69 bits per heavy atom. The van der Waals surface area contributed by atoms with Gasteiger partial charge in [0.2, 0.25) is 0 Å². The minimum Gasteiger partial charge on any atom is -0.478 e. The van der Waals surface area contributed by atoms with Crippen LogP contribution >= 0.6 is 11.6 Å². The van der Waals surface area contributed by atoms with Crippen molar-refractivity contribution in [2.24, 2.45) is 4.99 Å². The van der Waals surface area contributed by atoms with Crippen molar-refractivity contribution in [2.75, 3.05) is 0 Å². The summed E-state index contributed by atoms with van der Waals surface area (Å²) in [4.78, 5) is 25.3. The highest BCUT2D eigenvalue weighted by atomic mass is 35.5. The summed E-state index contributed by atoms with van der Waals surface area (Å²) in [5.74, 6) is -1.07. The van der Waals surface area contributed by atoms with Gasteiger partial charge < -0.3 is 5.11 Å². The summed E-state index contributed by atoms with van der Waals surface area (Å²) < 4.78 is 0. The van der Waals surface area contributed by atoms with E-state index in [2.05, 4.69) is 4.99 Å². The van der Waals surface area contributed by atoms with Crippen molar-refractivity contribution >= 4 is 35.1 Å². The molecule has 1 aliphatic heterocycles. The molecular formula is C11H6ClNO3. The first-order valence-corrected chi connectivity index (χ1v) is 4.78. The standard InChI is InChI=1S/C11H6ClNO3/c12-6-1-2-7(11(15)16)8(3-6)9-4-13-10(9)5-14/h1-5H,(H,15,16). The van der Waals surface area contributed by atoms with Gasteiger partial charge in [-0.3, -0.25) is 9.79 Å². The van der Waals surface area contributed by atoms with Crippen LogP contribution in [-0.2, 0) is 4.79 Å². The number of allylic oxidation sites excluding steroid dienone is 1. The number of carbonyl (C=O) groups excluding carboxylic acids is 1.